The fraction of sp³-hybridized carbons (Fsp3) is 0.727. The minimum Gasteiger partial charge on any atom is -0.316 e. The quantitative estimate of drug-likeness (QED) is 0.820. The molecule has 3 nitrogen and oxygen atoms in total. The number of hydrogen-bond donors (Lipinski definition) is 1. The molecule has 0 aliphatic carbocycles. The first kappa shape index (κ1) is 9.75. The number of thiazole rings is 1. The number of fused-ring (bicyclic) bond motifs is 1. The van der Waals surface area contributed by atoms with E-state index < -0.39 is 0 Å². The lowest BCUT2D eigenvalue weighted by molar-refractivity contribution is 0.247. The van der Waals surface area contributed by atoms with Gasteiger partial charge < -0.3 is 5.32 Å². The summed E-state index contributed by atoms with van der Waals surface area (Å²) in [6.45, 7) is 7.27. The summed E-state index contributed by atoms with van der Waals surface area (Å²) in [6, 6.07) is 0.558. The van der Waals surface area contributed by atoms with Crippen LogP contribution in [0.5, 0.6) is 0 Å². The molecule has 3 unspecified atom stereocenters. The lowest BCUT2D eigenvalue weighted by Gasteiger charge is -2.23. The van der Waals surface area contributed by atoms with Gasteiger partial charge in [0.2, 0.25) is 0 Å². The monoisotopic (exact) mass is 223 g/mol. The van der Waals surface area contributed by atoms with Crippen LogP contribution in [-0.4, -0.2) is 36.1 Å². The summed E-state index contributed by atoms with van der Waals surface area (Å²) in [4.78, 5) is 8.19. The van der Waals surface area contributed by atoms with Crippen LogP contribution < -0.4 is 5.32 Å². The summed E-state index contributed by atoms with van der Waals surface area (Å²) in [7, 11) is 0. The second-order valence-corrected chi connectivity index (χ2v) is 5.63. The Labute approximate surface area is 94.5 Å². The Balaban J connectivity index is 1.69. The zero-order chi connectivity index (χ0) is 10.3. The van der Waals surface area contributed by atoms with Crippen molar-refractivity contribution in [2.75, 3.05) is 26.2 Å². The lowest BCUT2D eigenvalue weighted by Crippen LogP contribution is -2.28. The van der Waals surface area contributed by atoms with Gasteiger partial charge in [0, 0.05) is 30.2 Å². The van der Waals surface area contributed by atoms with Crippen LogP contribution in [0.15, 0.2) is 11.7 Å². The van der Waals surface area contributed by atoms with Crippen LogP contribution in [0.4, 0.5) is 0 Å². The third kappa shape index (κ3) is 1.71. The summed E-state index contributed by atoms with van der Waals surface area (Å²) in [5.74, 6) is 1.78. The summed E-state index contributed by atoms with van der Waals surface area (Å²) in [5, 5.41) is 3.48. The molecule has 82 valence electrons. The van der Waals surface area contributed by atoms with Gasteiger partial charge in [-0.15, -0.1) is 11.3 Å². The van der Waals surface area contributed by atoms with Gasteiger partial charge in [0.1, 0.15) is 0 Å². The summed E-state index contributed by atoms with van der Waals surface area (Å²) >= 11 is 1.78. The van der Waals surface area contributed by atoms with Crippen molar-refractivity contribution in [3.63, 3.8) is 0 Å². The molecule has 2 aliphatic heterocycles. The second-order valence-electron chi connectivity index (χ2n) is 4.71. The molecule has 2 saturated heterocycles. The van der Waals surface area contributed by atoms with E-state index in [0.29, 0.717) is 6.04 Å². The molecule has 1 N–H and O–H groups in total. The molecule has 2 aliphatic rings. The number of nitrogens with one attached hydrogen (secondary N) is 1. The van der Waals surface area contributed by atoms with Gasteiger partial charge in [-0.3, -0.25) is 9.88 Å². The van der Waals surface area contributed by atoms with Crippen molar-refractivity contribution >= 4 is 11.3 Å². The van der Waals surface area contributed by atoms with Crippen molar-refractivity contribution < 1.29 is 0 Å². The molecule has 2 fully saturated rings. The van der Waals surface area contributed by atoms with E-state index in [1.165, 1.54) is 31.1 Å². The Hall–Kier alpha value is -0.450. The first-order valence-electron chi connectivity index (χ1n) is 5.68. The molecule has 0 aromatic carbocycles. The normalized spacial score (nSPS) is 33.1. The van der Waals surface area contributed by atoms with E-state index in [0.717, 1.165) is 11.8 Å². The molecule has 0 saturated carbocycles. The van der Waals surface area contributed by atoms with E-state index in [2.05, 4.69) is 22.1 Å². The van der Waals surface area contributed by atoms with Gasteiger partial charge in [0.25, 0.3) is 0 Å². The third-order valence-electron chi connectivity index (χ3n) is 3.83. The number of likely N-dealkylation sites (tertiary alicyclic amines) is 1. The highest BCUT2D eigenvalue weighted by Crippen LogP contribution is 2.33. The fourth-order valence-electron chi connectivity index (χ4n) is 2.82. The Kier molecular flexibility index (Phi) is 2.50. The van der Waals surface area contributed by atoms with Gasteiger partial charge in [-0.05, 0) is 31.8 Å². The molecule has 3 atom stereocenters. The minimum absolute atomic E-state index is 0.558. The molecule has 0 bridgehead atoms. The van der Waals surface area contributed by atoms with E-state index in [-0.39, 0.29) is 0 Å². The Morgan fingerprint density at radius 3 is 2.80 bits per heavy atom. The van der Waals surface area contributed by atoms with Crippen molar-refractivity contribution in [2.45, 2.75) is 13.0 Å². The Morgan fingerprint density at radius 2 is 2.20 bits per heavy atom. The van der Waals surface area contributed by atoms with E-state index in [4.69, 9.17) is 0 Å². The van der Waals surface area contributed by atoms with Crippen LogP contribution in [0.2, 0.25) is 0 Å². The van der Waals surface area contributed by atoms with E-state index in [1.807, 2.05) is 11.7 Å². The summed E-state index contributed by atoms with van der Waals surface area (Å²) in [5.41, 5.74) is 1.93. The van der Waals surface area contributed by atoms with Gasteiger partial charge >= 0.3 is 0 Å². The van der Waals surface area contributed by atoms with Crippen LogP contribution >= 0.6 is 11.3 Å². The van der Waals surface area contributed by atoms with Crippen molar-refractivity contribution in [2.24, 2.45) is 11.8 Å². The number of aromatic nitrogens is 1. The van der Waals surface area contributed by atoms with Gasteiger partial charge in [0.15, 0.2) is 0 Å². The maximum atomic E-state index is 4.17. The molecule has 0 radical (unpaired) electrons. The van der Waals surface area contributed by atoms with Crippen LogP contribution in [-0.2, 0) is 0 Å². The number of rotatable bonds is 2. The van der Waals surface area contributed by atoms with Gasteiger partial charge in [-0.2, -0.15) is 0 Å². The van der Waals surface area contributed by atoms with Crippen molar-refractivity contribution in [3.8, 4) is 0 Å². The highest BCUT2D eigenvalue weighted by Gasteiger charge is 2.38. The van der Waals surface area contributed by atoms with Gasteiger partial charge in [0.05, 0.1) is 5.51 Å². The molecular formula is C11H17N3S. The Morgan fingerprint density at radius 1 is 1.47 bits per heavy atom. The van der Waals surface area contributed by atoms with E-state index in [9.17, 15) is 0 Å². The zero-order valence-electron chi connectivity index (χ0n) is 9.02. The smallest absolute Gasteiger partial charge is 0.0794 e. The van der Waals surface area contributed by atoms with Gasteiger partial charge in [-0.25, -0.2) is 0 Å². The van der Waals surface area contributed by atoms with Crippen LogP contribution in [0.25, 0.3) is 0 Å². The average Bonchev–Trinajstić information content (AvgIpc) is 2.92. The molecule has 1 aromatic heterocycles. The predicted octanol–water partition coefficient (Wildman–Crippen LogP) is 1.36. The van der Waals surface area contributed by atoms with Crippen molar-refractivity contribution in [3.05, 3.63) is 16.6 Å². The predicted molar refractivity (Wildman–Crippen MR) is 62.0 cm³/mol. The molecule has 15 heavy (non-hydrogen) atoms. The third-order valence-corrected chi connectivity index (χ3v) is 4.77. The summed E-state index contributed by atoms with van der Waals surface area (Å²) in [6.07, 6.45) is 2.02. The summed E-state index contributed by atoms with van der Waals surface area (Å²) < 4.78 is 0. The van der Waals surface area contributed by atoms with Crippen LogP contribution in [0.3, 0.4) is 0 Å². The molecule has 3 heterocycles. The maximum absolute atomic E-state index is 4.17. The fourth-order valence-corrected chi connectivity index (χ4v) is 3.53. The number of hydrogen-bond acceptors (Lipinski definition) is 4. The highest BCUT2D eigenvalue weighted by atomic mass is 32.1. The van der Waals surface area contributed by atoms with Gasteiger partial charge in [-0.1, -0.05) is 0 Å². The van der Waals surface area contributed by atoms with E-state index in [1.54, 1.807) is 11.3 Å². The molecule has 4 heteroatoms. The highest BCUT2D eigenvalue weighted by molar-refractivity contribution is 7.09. The molecule has 0 spiro atoms. The SMILES string of the molecule is CC(c1cncs1)N1CC2CNCC2C1. The molecular weight excluding hydrogens is 206 g/mol. The molecule has 1 aromatic rings. The minimum atomic E-state index is 0.558. The molecule has 3 rings (SSSR count). The zero-order valence-corrected chi connectivity index (χ0v) is 9.83. The first-order chi connectivity index (χ1) is 7.34. The average molecular weight is 223 g/mol. The Bertz CT molecular complexity index is 313. The van der Waals surface area contributed by atoms with E-state index >= 15 is 0 Å². The lowest BCUT2D eigenvalue weighted by atomic mass is 10.0. The standard InChI is InChI=1S/C11H17N3S/c1-8(11-4-13-7-15-11)14-5-9-2-12-3-10(9)6-14/h4,7-10,12H,2-3,5-6H2,1H3. The number of nitrogens with zero attached hydrogens (tertiary/aromatic N) is 2. The van der Waals surface area contributed by atoms with Crippen LogP contribution in [0.1, 0.15) is 17.8 Å². The van der Waals surface area contributed by atoms with Crippen molar-refractivity contribution in [1.82, 2.24) is 15.2 Å². The van der Waals surface area contributed by atoms with Crippen molar-refractivity contribution in [1.29, 1.82) is 0 Å². The topological polar surface area (TPSA) is 28.2 Å². The molecule has 0 amide bonds. The maximum Gasteiger partial charge on any atom is 0.0794 e. The second kappa shape index (κ2) is 3.85. The first-order valence-corrected chi connectivity index (χ1v) is 6.55. The largest absolute Gasteiger partial charge is 0.316 e. The van der Waals surface area contributed by atoms with Crippen LogP contribution in [0, 0.1) is 11.8 Å².